The molecule has 1 heterocycles. The molecule has 0 spiro atoms. The molecule has 1 aliphatic rings. The van der Waals surface area contributed by atoms with Gasteiger partial charge in [0, 0.05) is 0 Å². The fraction of sp³-hybridized carbons (Fsp3) is 1.00. The Hall–Kier alpha value is 1.01. The van der Waals surface area contributed by atoms with Crippen LogP contribution in [-0.4, -0.2) is 55.6 Å². The highest BCUT2D eigenvalue weighted by atomic mass is 32.2. The van der Waals surface area contributed by atoms with Gasteiger partial charge in [0.2, 0.25) is 0 Å². The average molecular weight is 523 g/mol. The maximum Gasteiger partial charge on any atom is 0.192 e. The Morgan fingerprint density at radius 1 is 0.844 bits per heavy atom. The van der Waals surface area contributed by atoms with Gasteiger partial charge in [-0.2, -0.15) is 0 Å². The van der Waals surface area contributed by atoms with Crippen LogP contribution in [0, 0.1) is 5.92 Å². The van der Waals surface area contributed by atoms with E-state index in [2.05, 4.69) is 98.2 Å². The number of hydrogen-bond donors (Lipinski definition) is 1. The molecule has 0 aliphatic carbocycles. The first-order valence-electron chi connectivity index (χ1n) is 12.5. The molecule has 1 fully saturated rings. The summed E-state index contributed by atoms with van der Waals surface area (Å²) in [6.45, 7) is 29.1. The number of thioether (sulfide) groups is 2. The molecule has 7 heteroatoms. The van der Waals surface area contributed by atoms with Crippen molar-refractivity contribution < 1.29 is 14.0 Å². The number of rotatable bonds is 10. The molecule has 32 heavy (non-hydrogen) atoms. The first-order chi connectivity index (χ1) is 14.2. The van der Waals surface area contributed by atoms with Gasteiger partial charge in [-0.25, -0.2) is 0 Å². The summed E-state index contributed by atoms with van der Waals surface area (Å²) in [5, 5.41) is 11.5. The van der Waals surface area contributed by atoms with Crippen LogP contribution < -0.4 is 0 Å². The lowest BCUT2D eigenvalue weighted by Gasteiger charge is -2.48. The average Bonchev–Trinajstić information content (AvgIpc) is 2.56. The van der Waals surface area contributed by atoms with Crippen LogP contribution >= 0.6 is 23.5 Å². The molecule has 3 nitrogen and oxygen atoms in total. The van der Waals surface area contributed by atoms with Crippen molar-refractivity contribution in [3.05, 3.63) is 0 Å². The summed E-state index contributed by atoms with van der Waals surface area (Å²) in [4.78, 5) is 0. The van der Waals surface area contributed by atoms with Crippen molar-refractivity contribution in [1.29, 1.82) is 0 Å². The lowest BCUT2D eigenvalue weighted by atomic mass is 9.90. The third-order valence-electron chi connectivity index (χ3n) is 7.64. The summed E-state index contributed by atoms with van der Waals surface area (Å²) >= 11 is 4.24. The van der Waals surface area contributed by atoms with Gasteiger partial charge in [0.1, 0.15) is 0 Å². The minimum atomic E-state index is -2.09. The van der Waals surface area contributed by atoms with Gasteiger partial charge in [0.15, 0.2) is 16.6 Å². The Bertz CT molecular complexity index is 571. The van der Waals surface area contributed by atoms with Crippen LogP contribution in [0.2, 0.25) is 36.3 Å². The van der Waals surface area contributed by atoms with Crippen LogP contribution in [0.4, 0.5) is 0 Å². The van der Waals surface area contributed by atoms with Crippen molar-refractivity contribution >= 4 is 40.2 Å². The van der Waals surface area contributed by atoms with Crippen molar-refractivity contribution in [3.63, 3.8) is 0 Å². The molecule has 0 aromatic heterocycles. The van der Waals surface area contributed by atoms with Gasteiger partial charge < -0.3 is 14.0 Å². The summed E-state index contributed by atoms with van der Waals surface area (Å²) in [5.74, 6) is 3.10. The first-order valence-corrected chi connectivity index (χ1v) is 20.4. The van der Waals surface area contributed by atoms with E-state index < -0.39 is 22.2 Å². The number of aliphatic hydroxyl groups is 1. The third kappa shape index (κ3) is 9.23. The lowest BCUT2D eigenvalue weighted by Crippen LogP contribution is -2.58. The van der Waals surface area contributed by atoms with Gasteiger partial charge in [-0.1, -0.05) is 48.5 Å². The molecule has 0 bridgehead atoms. The Morgan fingerprint density at radius 2 is 1.28 bits per heavy atom. The summed E-state index contributed by atoms with van der Waals surface area (Å²) in [5.41, 5.74) is -0.962. The predicted molar refractivity (Wildman–Crippen MR) is 152 cm³/mol. The maximum atomic E-state index is 11.3. The maximum absolute atomic E-state index is 11.3. The van der Waals surface area contributed by atoms with Gasteiger partial charge in [0.25, 0.3) is 0 Å². The van der Waals surface area contributed by atoms with E-state index in [4.69, 9.17) is 8.85 Å². The van der Waals surface area contributed by atoms with Crippen LogP contribution in [0.25, 0.3) is 0 Å². The summed E-state index contributed by atoms with van der Waals surface area (Å²) < 4.78 is 14.7. The van der Waals surface area contributed by atoms with Gasteiger partial charge in [-0.3, -0.25) is 0 Å². The molecule has 1 saturated heterocycles. The van der Waals surface area contributed by atoms with E-state index in [0.29, 0.717) is 10.5 Å². The van der Waals surface area contributed by atoms with E-state index in [1.165, 1.54) is 24.3 Å². The molecular weight excluding hydrogens is 469 g/mol. The van der Waals surface area contributed by atoms with Crippen LogP contribution in [-0.2, 0) is 8.85 Å². The Morgan fingerprint density at radius 3 is 1.69 bits per heavy atom. The molecule has 1 aliphatic heterocycles. The molecule has 3 atom stereocenters. The van der Waals surface area contributed by atoms with Crippen LogP contribution in [0.3, 0.4) is 0 Å². The molecular formula is C25H54O3S2Si2. The van der Waals surface area contributed by atoms with Gasteiger partial charge in [-0.15, -0.1) is 23.5 Å². The first kappa shape index (κ1) is 31.0. The zero-order valence-corrected chi connectivity index (χ0v) is 27.1. The SMILES string of the molecule is C[C@H](CC1SCCCS1)C[C@H](O[Si](C)(C)C(C)(C)C)[C@H](O[Si](C)(C)C(C)(C)C)C(C)(C)O. The molecule has 0 radical (unpaired) electrons. The standard InChI is InChI=1S/C25H54O3S2Si2/c1-19(18-21-29-15-14-16-30-21)17-20(27-31(10,11)23(2,3)4)22(25(8,9)26)28-32(12,13)24(5,6)7/h19-22,26H,14-18H2,1-13H3/t19-,20-,22-/m0/s1. The zero-order chi connectivity index (χ0) is 25.2. The normalized spacial score (nSPS) is 20.8. The molecule has 0 aromatic carbocycles. The molecule has 0 aromatic rings. The lowest BCUT2D eigenvalue weighted by molar-refractivity contribution is -0.0983. The highest BCUT2D eigenvalue weighted by molar-refractivity contribution is 8.17. The molecule has 0 amide bonds. The van der Waals surface area contributed by atoms with Crippen molar-refractivity contribution in [2.45, 2.75) is 140 Å². The minimum Gasteiger partial charge on any atom is -0.411 e. The summed E-state index contributed by atoms with van der Waals surface area (Å²) in [6, 6.07) is 0. The Balaban J connectivity index is 3.23. The second kappa shape index (κ2) is 11.4. The fourth-order valence-corrected chi connectivity index (χ4v) is 9.43. The quantitative estimate of drug-likeness (QED) is 0.293. The Labute approximate surface area is 211 Å². The molecule has 1 rings (SSSR count). The Kier molecular flexibility index (Phi) is 11.0. The molecule has 192 valence electrons. The van der Waals surface area contributed by atoms with E-state index in [1.807, 2.05) is 13.8 Å². The highest BCUT2D eigenvalue weighted by Gasteiger charge is 2.48. The molecule has 0 unspecified atom stereocenters. The molecule has 0 saturated carbocycles. The highest BCUT2D eigenvalue weighted by Crippen LogP contribution is 2.43. The predicted octanol–water partition coefficient (Wildman–Crippen LogP) is 8.15. The van der Waals surface area contributed by atoms with E-state index in [1.54, 1.807) is 0 Å². The third-order valence-corrected chi connectivity index (χ3v) is 19.6. The van der Waals surface area contributed by atoms with Crippen molar-refractivity contribution in [3.8, 4) is 0 Å². The summed E-state index contributed by atoms with van der Waals surface area (Å²) in [7, 11) is -4.12. The summed E-state index contributed by atoms with van der Waals surface area (Å²) in [6.07, 6.45) is 3.04. The second-order valence-electron chi connectivity index (χ2n) is 13.5. The monoisotopic (exact) mass is 522 g/mol. The number of hydrogen-bond acceptors (Lipinski definition) is 5. The van der Waals surface area contributed by atoms with Gasteiger partial charge >= 0.3 is 0 Å². The van der Waals surface area contributed by atoms with E-state index >= 15 is 0 Å². The van der Waals surface area contributed by atoms with Crippen molar-refractivity contribution in [1.82, 2.24) is 0 Å². The second-order valence-corrected chi connectivity index (χ2v) is 25.9. The van der Waals surface area contributed by atoms with Gasteiger partial charge in [0.05, 0.1) is 22.4 Å². The van der Waals surface area contributed by atoms with Crippen LogP contribution in [0.5, 0.6) is 0 Å². The van der Waals surface area contributed by atoms with Gasteiger partial charge in [-0.05, 0) is 86.8 Å². The smallest absolute Gasteiger partial charge is 0.192 e. The van der Waals surface area contributed by atoms with Crippen LogP contribution in [0.1, 0.15) is 81.6 Å². The van der Waals surface area contributed by atoms with E-state index in [9.17, 15) is 5.11 Å². The molecule has 1 N–H and O–H groups in total. The van der Waals surface area contributed by atoms with Crippen molar-refractivity contribution in [2.75, 3.05) is 11.5 Å². The fourth-order valence-electron chi connectivity index (χ4n) is 3.45. The van der Waals surface area contributed by atoms with Crippen molar-refractivity contribution in [2.24, 2.45) is 5.92 Å². The van der Waals surface area contributed by atoms with E-state index in [-0.39, 0.29) is 22.3 Å². The topological polar surface area (TPSA) is 38.7 Å². The van der Waals surface area contributed by atoms with E-state index in [0.717, 1.165) is 6.42 Å². The van der Waals surface area contributed by atoms with Crippen LogP contribution in [0.15, 0.2) is 0 Å². The zero-order valence-electron chi connectivity index (χ0n) is 23.4. The minimum absolute atomic E-state index is 0.0824. The largest absolute Gasteiger partial charge is 0.411 e.